The third kappa shape index (κ3) is 4.58. The van der Waals surface area contributed by atoms with Crippen LogP contribution in [0.3, 0.4) is 0 Å². The summed E-state index contributed by atoms with van der Waals surface area (Å²) in [5, 5.41) is 5.90. The third-order valence-electron chi connectivity index (χ3n) is 3.36. The van der Waals surface area contributed by atoms with Crippen molar-refractivity contribution in [3.63, 3.8) is 0 Å². The number of ether oxygens (including phenoxy) is 1. The number of hydrogen-bond donors (Lipinski definition) is 2. The van der Waals surface area contributed by atoms with Gasteiger partial charge in [0.05, 0.1) is 12.1 Å². The second-order valence-electron chi connectivity index (χ2n) is 5.74. The molecule has 1 aliphatic heterocycles. The summed E-state index contributed by atoms with van der Waals surface area (Å²) in [6, 6.07) is 6.16. The number of nitrogens with one attached hydrogen (secondary N) is 2. The number of carbonyl (C=O) groups is 1. The Morgan fingerprint density at radius 1 is 1.50 bits per heavy atom. The lowest BCUT2D eigenvalue weighted by Gasteiger charge is -2.35. The molecule has 20 heavy (non-hydrogen) atoms. The summed E-state index contributed by atoms with van der Waals surface area (Å²) in [7, 11) is 0. The summed E-state index contributed by atoms with van der Waals surface area (Å²) in [6.45, 7) is 5.02. The topological polar surface area (TPSA) is 50.4 Å². The van der Waals surface area contributed by atoms with Gasteiger partial charge in [0.2, 0.25) is 5.91 Å². The van der Waals surface area contributed by atoms with Gasteiger partial charge < -0.3 is 15.4 Å². The molecule has 4 nitrogen and oxygen atoms in total. The van der Waals surface area contributed by atoms with Crippen molar-refractivity contribution < 1.29 is 13.9 Å². The minimum atomic E-state index is -0.359. The zero-order valence-corrected chi connectivity index (χ0v) is 11.9. The number of hydrogen-bond acceptors (Lipinski definition) is 3. The van der Waals surface area contributed by atoms with Crippen LogP contribution in [0.5, 0.6) is 0 Å². The van der Waals surface area contributed by atoms with E-state index in [0.717, 1.165) is 12.8 Å². The maximum Gasteiger partial charge on any atom is 0.238 e. The zero-order chi connectivity index (χ0) is 14.6. The predicted octanol–water partition coefficient (Wildman–Crippen LogP) is 2.31. The van der Waals surface area contributed by atoms with E-state index in [1.165, 1.54) is 12.1 Å². The molecule has 1 aromatic carbocycles. The number of amides is 1. The largest absolute Gasteiger partial charge is 0.375 e. The standard InChI is InChI=1S/C15H21FN2O2/c1-15(2)9-13(6-7-20-15)17-10-14(19)18-12-5-3-4-11(16)8-12/h3-5,8,13,17H,6-7,9-10H2,1-2H3,(H,18,19). The van der Waals surface area contributed by atoms with E-state index in [1.807, 2.05) is 13.8 Å². The highest BCUT2D eigenvalue weighted by atomic mass is 19.1. The second-order valence-corrected chi connectivity index (χ2v) is 5.74. The maximum absolute atomic E-state index is 13.0. The normalized spacial score (nSPS) is 21.4. The smallest absolute Gasteiger partial charge is 0.238 e. The van der Waals surface area contributed by atoms with E-state index in [0.29, 0.717) is 12.3 Å². The molecule has 0 saturated carbocycles. The molecule has 2 N–H and O–H groups in total. The number of halogens is 1. The van der Waals surface area contributed by atoms with Crippen LogP contribution in [-0.4, -0.2) is 30.7 Å². The van der Waals surface area contributed by atoms with Crippen LogP contribution in [-0.2, 0) is 9.53 Å². The molecule has 1 atom stereocenters. The van der Waals surface area contributed by atoms with Crippen LogP contribution in [0.4, 0.5) is 10.1 Å². The molecular formula is C15H21FN2O2. The van der Waals surface area contributed by atoms with Crippen molar-refractivity contribution in [3.05, 3.63) is 30.1 Å². The van der Waals surface area contributed by atoms with Gasteiger partial charge in [-0.15, -0.1) is 0 Å². The van der Waals surface area contributed by atoms with Gasteiger partial charge in [-0.1, -0.05) is 6.07 Å². The fraction of sp³-hybridized carbons (Fsp3) is 0.533. The van der Waals surface area contributed by atoms with Gasteiger partial charge in [0.1, 0.15) is 5.82 Å². The van der Waals surface area contributed by atoms with Gasteiger partial charge >= 0.3 is 0 Å². The molecule has 0 bridgehead atoms. The zero-order valence-electron chi connectivity index (χ0n) is 11.9. The van der Waals surface area contributed by atoms with Gasteiger partial charge in [-0.2, -0.15) is 0 Å². The Morgan fingerprint density at radius 2 is 2.30 bits per heavy atom. The molecule has 0 radical (unpaired) electrons. The number of carbonyl (C=O) groups excluding carboxylic acids is 1. The molecule has 0 spiro atoms. The van der Waals surface area contributed by atoms with E-state index in [1.54, 1.807) is 12.1 Å². The fourth-order valence-corrected chi connectivity index (χ4v) is 2.41. The highest BCUT2D eigenvalue weighted by molar-refractivity contribution is 5.92. The second kappa shape index (κ2) is 6.33. The van der Waals surface area contributed by atoms with Crippen LogP contribution < -0.4 is 10.6 Å². The van der Waals surface area contributed by atoms with E-state index in [9.17, 15) is 9.18 Å². The van der Waals surface area contributed by atoms with Crippen LogP contribution in [0.2, 0.25) is 0 Å². The SMILES string of the molecule is CC1(C)CC(NCC(=O)Nc2cccc(F)c2)CCO1. The highest BCUT2D eigenvalue weighted by Gasteiger charge is 2.28. The van der Waals surface area contributed by atoms with Gasteiger partial charge in [0.15, 0.2) is 0 Å². The predicted molar refractivity (Wildman–Crippen MR) is 76.1 cm³/mol. The Kier molecular flexibility index (Phi) is 4.73. The lowest BCUT2D eigenvalue weighted by molar-refractivity contribution is -0.116. The van der Waals surface area contributed by atoms with Gasteiger partial charge in [0, 0.05) is 18.3 Å². The van der Waals surface area contributed by atoms with Crippen LogP contribution in [0.15, 0.2) is 24.3 Å². The van der Waals surface area contributed by atoms with Crippen molar-refractivity contribution in [1.82, 2.24) is 5.32 Å². The molecule has 1 fully saturated rings. The van der Waals surface area contributed by atoms with Gasteiger partial charge in [-0.3, -0.25) is 4.79 Å². The highest BCUT2D eigenvalue weighted by Crippen LogP contribution is 2.23. The molecule has 1 saturated heterocycles. The summed E-state index contributed by atoms with van der Waals surface area (Å²) in [6.07, 6.45) is 1.77. The number of anilines is 1. The molecule has 2 rings (SSSR count). The molecule has 1 aromatic rings. The molecule has 110 valence electrons. The average Bonchev–Trinajstić information content (AvgIpc) is 2.35. The minimum Gasteiger partial charge on any atom is -0.375 e. The molecule has 1 amide bonds. The Labute approximate surface area is 118 Å². The first-order valence-electron chi connectivity index (χ1n) is 6.87. The molecule has 5 heteroatoms. The van der Waals surface area contributed by atoms with Crippen LogP contribution in [0.25, 0.3) is 0 Å². The molecule has 1 unspecified atom stereocenters. The summed E-state index contributed by atoms with van der Waals surface area (Å²) in [4.78, 5) is 11.8. The first-order valence-corrected chi connectivity index (χ1v) is 6.87. The van der Waals surface area contributed by atoms with E-state index in [4.69, 9.17) is 4.74 Å². The van der Waals surface area contributed by atoms with Crippen molar-refractivity contribution >= 4 is 11.6 Å². The summed E-state index contributed by atoms with van der Waals surface area (Å²) in [5.74, 6) is -0.526. The van der Waals surface area contributed by atoms with E-state index >= 15 is 0 Å². The quantitative estimate of drug-likeness (QED) is 0.890. The third-order valence-corrected chi connectivity index (χ3v) is 3.36. The Balaban J connectivity index is 1.78. The van der Waals surface area contributed by atoms with Crippen molar-refractivity contribution in [3.8, 4) is 0 Å². The van der Waals surface area contributed by atoms with Crippen LogP contribution >= 0.6 is 0 Å². The first kappa shape index (κ1) is 14.9. The summed E-state index contributed by atoms with van der Waals surface area (Å²) in [5.41, 5.74) is 0.332. The monoisotopic (exact) mass is 280 g/mol. The van der Waals surface area contributed by atoms with Crippen molar-refractivity contribution in [2.45, 2.75) is 38.3 Å². The first-order chi connectivity index (χ1) is 9.44. The maximum atomic E-state index is 13.0. The van der Waals surface area contributed by atoms with Gasteiger partial charge in [-0.25, -0.2) is 4.39 Å². The lowest BCUT2D eigenvalue weighted by atomic mass is 9.94. The Hall–Kier alpha value is -1.46. The van der Waals surface area contributed by atoms with E-state index in [-0.39, 0.29) is 29.9 Å². The molecule has 1 heterocycles. The molecule has 0 aromatic heterocycles. The summed E-state index contributed by atoms with van der Waals surface area (Å²) < 4.78 is 18.6. The fourth-order valence-electron chi connectivity index (χ4n) is 2.41. The number of rotatable bonds is 4. The summed E-state index contributed by atoms with van der Waals surface area (Å²) >= 11 is 0. The van der Waals surface area contributed by atoms with Crippen LogP contribution in [0.1, 0.15) is 26.7 Å². The molecule has 0 aliphatic carbocycles. The average molecular weight is 280 g/mol. The van der Waals surface area contributed by atoms with Crippen molar-refractivity contribution in [2.75, 3.05) is 18.5 Å². The van der Waals surface area contributed by atoms with Crippen molar-refractivity contribution in [1.29, 1.82) is 0 Å². The Morgan fingerprint density at radius 3 is 3.00 bits per heavy atom. The lowest BCUT2D eigenvalue weighted by Crippen LogP contribution is -2.45. The molecule has 1 aliphatic rings. The minimum absolute atomic E-state index is 0.144. The molecular weight excluding hydrogens is 259 g/mol. The Bertz CT molecular complexity index is 477. The van der Waals surface area contributed by atoms with Gasteiger partial charge in [0.25, 0.3) is 0 Å². The number of benzene rings is 1. The van der Waals surface area contributed by atoms with Crippen molar-refractivity contribution in [2.24, 2.45) is 0 Å². The van der Waals surface area contributed by atoms with Gasteiger partial charge in [-0.05, 0) is 44.9 Å². The van der Waals surface area contributed by atoms with E-state index < -0.39 is 0 Å². The van der Waals surface area contributed by atoms with E-state index in [2.05, 4.69) is 10.6 Å². The van der Waals surface area contributed by atoms with Crippen LogP contribution in [0, 0.1) is 5.82 Å².